The summed E-state index contributed by atoms with van der Waals surface area (Å²) in [4.78, 5) is 2.22. The number of anilines is 1. The second-order valence-electron chi connectivity index (χ2n) is 6.08. The van der Waals surface area contributed by atoms with Crippen LogP contribution in [0.25, 0.3) is 0 Å². The average molecular weight is 320 g/mol. The van der Waals surface area contributed by atoms with Gasteiger partial charge in [-0.1, -0.05) is 53.2 Å². The third kappa shape index (κ3) is 3.03. The van der Waals surface area contributed by atoms with Crippen molar-refractivity contribution in [3.63, 3.8) is 0 Å². The van der Waals surface area contributed by atoms with Crippen LogP contribution in [0.4, 0.5) is 5.69 Å². The Balaban J connectivity index is 1.54. The average Bonchev–Trinajstić information content (AvgIpc) is 3.24. The number of rotatable bonds is 4. The predicted octanol–water partition coefficient (Wildman–Crippen LogP) is 3.17. The molecular formula is C19H20N4O. The fraction of sp³-hybridized carbons (Fsp3) is 0.263. The molecule has 0 aliphatic carbocycles. The van der Waals surface area contributed by atoms with E-state index in [1.165, 1.54) is 11.1 Å². The number of aryl methyl sites for hydroxylation is 1. The Morgan fingerprint density at radius 3 is 2.83 bits per heavy atom. The Labute approximate surface area is 141 Å². The molecule has 1 fully saturated rings. The van der Waals surface area contributed by atoms with E-state index in [1.54, 1.807) is 0 Å². The van der Waals surface area contributed by atoms with E-state index in [-0.39, 0.29) is 6.23 Å². The fourth-order valence-corrected chi connectivity index (χ4v) is 3.10. The maximum Gasteiger partial charge on any atom is 0.177 e. The van der Waals surface area contributed by atoms with Gasteiger partial charge in [0.1, 0.15) is 5.69 Å². The number of aromatic nitrogens is 3. The van der Waals surface area contributed by atoms with E-state index in [0.717, 1.165) is 17.9 Å². The number of nitrogens with zero attached hydrogens (tertiary/aromatic N) is 4. The molecule has 0 unspecified atom stereocenters. The molecule has 5 nitrogen and oxygen atoms in total. The molecule has 1 aliphatic rings. The molecule has 0 bridgehead atoms. The van der Waals surface area contributed by atoms with Crippen LogP contribution in [0.3, 0.4) is 0 Å². The highest BCUT2D eigenvalue weighted by Crippen LogP contribution is 2.30. The highest BCUT2D eigenvalue weighted by molar-refractivity contribution is 5.48. The number of ether oxygens (including phenoxy) is 1. The Bertz CT molecular complexity index is 815. The summed E-state index contributed by atoms with van der Waals surface area (Å²) < 4.78 is 7.77. The van der Waals surface area contributed by atoms with E-state index in [4.69, 9.17) is 4.74 Å². The number of para-hydroxylation sites is 1. The zero-order valence-electron chi connectivity index (χ0n) is 13.7. The monoisotopic (exact) mass is 320 g/mol. The second-order valence-corrected chi connectivity index (χ2v) is 6.08. The zero-order valence-corrected chi connectivity index (χ0v) is 13.7. The van der Waals surface area contributed by atoms with Gasteiger partial charge in [0.15, 0.2) is 6.23 Å². The quantitative estimate of drug-likeness (QED) is 0.740. The lowest BCUT2D eigenvalue weighted by Gasteiger charge is -2.23. The SMILES string of the molecule is Cc1cccc(Cn2cc([C@@H]3OCCN3c3ccccc3)nn2)c1. The molecule has 0 saturated carbocycles. The fourth-order valence-electron chi connectivity index (χ4n) is 3.10. The Morgan fingerprint density at radius 1 is 1.12 bits per heavy atom. The predicted molar refractivity (Wildman–Crippen MR) is 92.8 cm³/mol. The molecule has 3 aromatic rings. The maximum absolute atomic E-state index is 5.90. The topological polar surface area (TPSA) is 43.2 Å². The number of hydrogen-bond donors (Lipinski definition) is 0. The molecule has 122 valence electrons. The summed E-state index contributed by atoms with van der Waals surface area (Å²) in [5, 5.41) is 8.61. The molecule has 1 atom stereocenters. The van der Waals surface area contributed by atoms with E-state index < -0.39 is 0 Å². The van der Waals surface area contributed by atoms with E-state index in [0.29, 0.717) is 13.2 Å². The van der Waals surface area contributed by atoms with E-state index in [2.05, 4.69) is 58.5 Å². The van der Waals surface area contributed by atoms with Crippen LogP contribution in [-0.4, -0.2) is 28.1 Å². The smallest absolute Gasteiger partial charge is 0.177 e. The van der Waals surface area contributed by atoms with Crippen LogP contribution in [0.5, 0.6) is 0 Å². The minimum atomic E-state index is -0.168. The molecule has 1 saturated heterocycles. The van der Waals surface area contributed by atoms with Gasteiger partial charge in [-0.3, -0.25) is 0 Å². The summed E-state index contributed by atoms with van der Waals surface area (Å²) in [5.74, 6) is 0. The van der Waals surface area contributed by atoms with Crippen molar-refractivity contribution in [2.75, 3.05) is 18.1 Å². The van der Waals surface area contributed by atoms with Crippen molar-refractivity contribution >= 4 is 5.69 Å². The lowest BCUT2D eigenvalue weighted by Crippen LogP contribution is -2.23. The first-order chi connectivity index (χ1) is 11.8. The molecule has 0 spiro atoms. The van der Waals surface area contributed by atoms with Crippen molar-refractivity contribution in [2.45, 2.75) is 19.7 Å². The van der Waals surface area contributed by atoms with Gasteiger partial charge < -0.3 is 9.64 Å². The molecule has 0 radical (unpaired) electrons. The molecule has 2 aromatic carbocycles. The van der Waals surface area contributed by atoms with Crippen LogP contribution in [0.2, 0.25) is 0 Å². The normalized spacial score (nSPS) is 17.4. The summed E-state index contributed by atoms with van der Waals surface area (Å²) in [6, 6.07) is 18.7. The van der Waals surface area contributed by atoms with Crippen LogP contribution in [0.1, 0.15) is 23.0 Å². The summed E-state index contributed by atoms with van der Waals surface area (Å²) in [6.07, 6.45) is 1.81. The maximum atomic E-state index is 5.90. The van der Waals surface area contributed by atoms with Crippen LogP contribution in [0, 0.1) is 6.92 Å². The van der Waals surface area contributed by atoms with Crippen molar-refractivity contribution in [1.82, 2.24) is 15.0 Å². The van der Waals surface area contributed by atoms with Crippen LogP contribution in [-0.2, 0) is 11.3 Å². The van der Waals surface area contributed by atoms with Crippen molar-refractivity contribution in [3.05, 3.63) is 77.6 Å². The van der Waals surface area contributed by atoms with Gasteiger partial charge in [0.2, 0.25) is 0 Å². The zero-order chi connectivity index (χ0) is 16.4. The van der Waals surface area contributed by atoms with Gasteiger partial charge >= 0.3 is 0 Å². The summed E-state index contributed by atoms with van der Waals surface area (Å²) in [6.45, 7) is 4.37. The summed E-state index contributed by atoms with van der Waals surface area (Å²) in [5.41, 5.74) is 4.47. The van der Waals surface area contributed by atoms with Crippen molar-refractivity contribution in [2.24, 2.45) is 0 Å². The number of hydrogen-bond acceptors (Lipinski definition) is 4. The first-order valence-electron chi connectivity index (χ1n) is 8.18. The molecule has 0 N–H and O–H groups in total. The van der Waals surface area contributed by atoms with Crippen LogP contribution in [0.15, 0.2) is 60.8 Å². The largest absolute Gasteiger partial charge is 0.350 e. The first-order valence-corrected chi connectivity index (χ1v) is 8.18. The van der Waals surface area contributed by atoms with E-state index >= 15 is 0 Å². The third-order valence-corrected chi connectivity index (χ3v) is 4.22. The Morgan fingerprint density at radius 2 is 2.00 bits per heavy atom. The minimum Gasteiger partial charge on any atom is -0.350 e. The van der Waals surface area contributed by atoms with Crippen molar-refractivity contribution < 1.29 is 4.74 Å². The standard InChI is InChI=1S/C19H20N4O/c1-15-6-5-7-16(12-15)13-22-14-18(20-21-22)19-23(10-11-24-19)17-8-3-2-4-9-17/h2-9,12,14,19H,10-11,13H2,1H3/t19-/m0/s1. The molecule has 1 aliphatic heterocycles. The molecule has 5 heteroatoms. The van der Waals surface area contributed by atoms with Gasteiger partial charge in [-0.15, -0.1) is 5.10 Å². The van der Waals surface area contributed by atoms with Gasteiger partial charge in [0, 0.05) is 12.2 Å². The summed E-state index contributed by atoms with van der Waals surface area (Å²) in [7, 11) is 0. The van der Waals surface area contributed by atoms with Gasteiger partial charge in [-0.05, 0) is 24.6 Å². The minimum absolute atomic E-state index is 0.168. The Hall–Kier alpha value is -2.66. The van der Waals surface area contributed by atoms with Gasteiger partial charge in [0.25, 0.3) is 0 Å². The third-order valence-electron chi connectivity index (χ3n) is 4.22. The Kier molecular flexibility index (Phi) is 4.01. The van der Waals surface area contributed by atoms with Crippen LogP contribution < -0.4 is 4.90 Å². The number of benzene rings is 2. The molecule has 0 amide bonds. The first kappa shape index (κ1) is 14.9. The molecule has 4 rings (SSSR count). The van der Waals surface area contributed by atoms with Crippen LogP contribution >= 0.6 is 0 Å². The highest BCUT2D eigenvalue weighted by Gasteiger charge is 2.29. The molecule has 1 aromatic heterocycles. The van der Waals surface area contributed by atoms with E-state index in [1.807, 2.05) is 29.1 Å². The second kappa shape index (κ2) is 6.45. The summed E-state index contributed by atoms with van der Waals surface area (Å²) >= 11 is 0. The highest BCUT2D eigenvalue weighted by atomic mass is 16.5. The van der Waals surface area contributed by atoms with Gasteiger partial charge in [0.05, 0.1) is 19.3 Å². The van der Waals surface area contributed by atoms with Gasteiger partial charge in [-0.25, -0.2) is 4.68 Å². The van der Waals surface area contributed by atoms with E-state index in [9.17, 15) is 0 Å². The van der Waals surface area contributed by atoms with Gasteiger partial charge in [-0.2, -0.15) is 0 Å². The molecule has 24 heavy (non-hydrogen) atoms. The molecule has 2 heterocycles. The van der Waals surface area contributed by atoms with Crippen molar-refractivity contribution in [1.29, 1.82) is 0 Å². The lowest BCUT2D eigenvalue weighted by molar-refractivity contribution is 0.110. The lowest BCUT2D eigenvalue weighted by atomic mass is 10.1. The molecular weight excluding hydrogens is 300 g/mol. The van der Waals surface area contributed by atoms with Crippen molar-refractivity contribution in [3.8, 4) is 0 Å².